The van der Waals surface area contributed by atoms with E-state index in [-0.39, 0.29) is 19.0 Å². The van der Waals surface area contributed by atoms with Crippen LogP contribution in [-0.2, 0) is 22.6 Å². The number of hydrogen-bond donors (Lipinski definition) is 3. The Morgan fingerprint density at radius 2 is 1.71 bits per heavy atom. The second-order valence-electron chi connectivity index (χ2n) is 7.32. The minimum Gasteiger partial charge on any atom is -0.466 e. The minimum atomic E-state index is -0.265. The summed E-state index contributed by atoms with van der Waals surface area (Å²) in [5, 5.41) is 15.2. The lowest BCUT2D eigenvalue weighted by atomic mass is 10.0. The first-order valence-corrected chi connectivity index (χ1v) is 10.3. The van der Waals surface area contributed by atoms with Gasteiger partial charge in [0.25, 0.3) is 0 Å². The number of pyridine rings is 1. The Morgan fingerprint density at radius 1 is 1.06 bits per heavy atom. The van der Waals surface area contributed by atoms with E-state index in [2.05, 4.69) is 5.32 Å². The molecule has 0 aliphatic rings. The topological polar surface area (TPSA) is 97.5 Å². The standard InChI is InChI=1S/C25H25N3O3/c1-2-31-24(30)12-11-17-20(26)13-16(15-29)14-23(17)28-25-18-7-3-5-9-21(18)27-22-10-6-4-8-19(22)25/h3-10,13-14,29H,2,11-12,15,26H2,1H3,(H,27,28). The van der Waals surface area contributed by atoms with Crippen molar-refractivity contribution in [3.05, 3.63) is 71.8 Å². The zero-order chi connectivity index (χ0) is 21.8. The summed E-state index contributed by atoms with van der Waals surface area (Å²) in [6.07, 6.45) is 0.655. The third-order valence-corrected chi connectivity index (χ3v) is 5.26. The van der Waals surface area contributed by atoms with Gasteiger partial charge in [-0.25, -0.2) is 4.98 Å². The Labute approximate surface area is 180 Å². The molecule has 6 heteroatoms. The molecule has 0 atom stereocenters. The average molecular weight is 415 g/mol. The van der Waals surface area contributed by atoms with E-state index >= 15 is 0 Å². The third kappa shape index (κ3) is 4.29. The number of esters is 1. The van der Waals surface area contributed by atoms with Crippen molar-refractivity contribution >= 4 is 44.8 Å². The summed E-state index contributed by atoms with van der Waals surface area (Å²) in [6, 6.07) is 19.5. The molecule has 0 fully saturated rings. The number of nitrogen functional groups attached to an aromatic ring is 1. The molecule has 31 heavy (non-hydrogen) atoms. The number of aliphatic hydroxyl groups is 1. The smallest absolute Gasteiger partial charge is 0.306 e. The van der Waals surface area contributed by atoms with Gasteiger partial charge < -0.3 is 20.9 Å². The highest BCUT2D eigenvalue weighted by Crippen LogP contribution is 2.36. The van der Waals surface area contributed by atoms with E-state index in [0.29, 0.717) is 24.3 Å². The highest BCUT2D eigenvalue weighted by atomic mass is 16.5. The van der Waals surface area contributed by atoms with Crippen molar-refractivity contribution < 1.29 is 14.6 Å². The van der Waals surface area contributed by atoms with E-state index in [9.17, 15) is 9.90 Å². The van der Waals surface area contributed by atoms with Gasteiger partial charge in [-0.05, 0) is 48.7 Å². The summed E-state index contributed by atoms with van der Waals surface area (Å²) in [7, 11) is 0. The summed E-state index contributed by atoms with van der Waals surface area (Å²) < 4.78 is 5.07. The molecule has 0 bridgehead atoms. The number of rotatable bonds is 7. The number of anilines is 3. The molecule has 6 nitrogen and oxygen atoms in total. The number of nitrogens with two attached hydrogens (primary N) is 1. The van der Waals surface area contributed by atoms with Gasteiger partial charge in [0.2, 0.25) is 0 Å². The molecular weight excluding hydrogens is 390 g/mol. The van der Waals surface area contributed by atoms with Gasteiger partial charge >= 0.3 is 5.97 Å². The number of para-hydroxylation sites is 2. The molecule has 0 saturated heterocycles. The average Bonchev–Trinajstić information content (AvgIpc) is 2.78. The molecule has 0 aliphatic carbocycles. The highest BCUT2D eigenvalue weighted by molar-refractivity contribution is 6.08. The lowest BCUT2D eigenvalue weighted by Gasteiger charge is -2.18. The van der Waals surface area contributed by atoms with Gasteiger partial charge in [-0.3, -0.25) is 4.79 Å². The van der Waals surface area contributed by atoms with Crippen molar-refractivity contribution in [2.24, 2.45) is 0 Å². The first-order chi connectivity index (χ1) is 15.1. The van der Waals surface area contributed by atoms with E-state index in [1.165, 1.54) is 0 Å². The number of fused-ring (bicyclic) bond motifs is 2. The van der Waals surface area contributed by atoms with Crippen molar-refractivity contribution in [3.8, 4) is 0 Å². The lowest BCUT2D eigenvalue weighted by molar-refractivity contribution is -0.143. The fourth-order valence-electron chi connectivity index (χ4n) is 3.81. The van der Waals surface area contributed by atoms with Crippen molar-refractivity contribution in [3.63, 3.8) is 0 Å². The van der Waals surface area contributed by atoms with Crippen LogP contribution in [0.5, 0.6) is 0 Å². The fraction of sp³-hybridized carbons (Fsp3) is 0.200. The van der Waals surface area contributed by atoms with Gasteiger partial charge in [-0.2, -0.15) is 0 Å². The van der Waals surface area contributed by atoms with Gasteiger partial charge in [-0.1, -0.05) is 36.4 Å². The Kier molecular flexibility index (Phi) is 6.00. The Hall–Kier alpha value is -3.64. The maximum atomic E-state index is 11.9. The number of ether oxygens (including phenoxy) is 1. The molecular formula is C25H25N3O3. The highest BCUT2D eigenvalue weighted by Gasteiger charge is 2.15. The molecule has 0 aliphatic heterocycles. The van der Waals surface area contributed by atoms with Crippen LogP contribution in [0.3, 0.4) is 0 Å². The van der Waals surface area contributed by atoms with Crippen molar-refractivity contribution in [2.75, 3.05) is 17.7 Å². The van der Waals surface area contributed by atoms with Crippen LogP contribution in [0, 0.1) is 0 Å². The number of nitrogens with one attached hydrogen (secondary N) is 1. The Morgan fingerprint density at radius 3 is 2.32 bits per heavy atom. The maximum Gasteiger partial charge on any atom is 0.306 e. The molecule has 0 unspecified atom stereocenters. The minimum absolute atomic E-state index is 0.130. The van der Waals surface area contributed by atoms with Crippen molar-refractivity contribution in [2.45, 2.75) is 26.4 Å². The number of hydrogen-bond acceptors (Lipinski definition) is 6. The third-order valence-electron chi connectivity index (χ3n) is 5.26. The lowest BCUT2D eigenvalue weighted by Crippen LogP contribution is -2.09. The van der Waals surface area contributed by atoms with Crippen molar-refractivity contribution in [1.82, 2.24) is 4.98 Å². The molecule has 0 amide bonds. The van der Waals surface area contributed by atoms with Crippen LogP contribution in [0.4, 0.5) is 17.1 Å². The number of aromatic nitrogens is 1. The number of aliphatic hydroxyl groups excluding tert-OH is 1. The molecule has 4 aromatic rings. The fourth-order valence-corrected chi connectivity index (χ4v) is 3.81. The van der Waals surface area contributed by atoms with Crippen LogP contribution < -0.4 is 11.1 Å². The van der Waals surface area contributed by atoms with E-state index < -0.39 is 0 Å². The number of carbonyl (C=O) groups excluding carboxylic acids is 1. The van der Waals surface area contributed by atoms with Crippen LogP contribution in [0.1, 0.15) is 24.5 Å². The first kappa shape index (κ1) is 20.6. The molecule has 1 aromatic heterocycles. The van der Waals surface area contributed by atoms with Crippen LogP contribution in [-0.4, -0.2) is 22.7 Å². The SMILES string of the molecule is CCOC(=O)CCc1c(N)cc(CO)cc1Nc1c2ccccc2nc2ccccc12. The maximum absolute atomic E-state index is 11.9. The van der Waals surface area contributed by atoms with Crippen LogP contribution in [0.15, 0.2) is 60.7 Å². The molecule has 3 aromatic carbocycles. The molecule has 0 spiro atoms. The monoisotopic (exact) mass is 415 g/mol. The number of carbonyl (C=O) groups is 1. The van der Waals surface area contributed by atoms with E-state index in [1.54, 1.807) is 13.0 Å². The van der Waals surface area contributed by atoms with Gasteiger partial charge in [0.15, 0.2) is 0 Å². The summed E-state index contributed by atoms with van der Waals surface area (Å²) in [6.45, 7) is 2.00. The molecule has 0 saturated carbocycles. The van der Waals surface area contributed by atoms with Gasteiger partial charge in [0, 0.05) is 28.6 Å². The van der Waals surface area contributed by atoms with E-state index in [1.807, 2.05) is 54.6 Å². The second-order valence-corrected chi connectivity index (χ2v) is 7.32. The summed E-state index contributed by atoms with van der Waals surface area (Å²) >= 11 is 0. The molecule has 1 heterocycles. The normalized spacial score (nSPS) is 11.0. The molecule has 0 radical (unpaired) electrons. The molecule has 158 valence electrons. The number of benzene rings is 3. The first-order valence-electron chi connectivity index (χ1n) is 10.3. The largest absolute Gasteiger partial charge is 0.466 e. The van der Waals surface area contributed by atoms with Crippen LogP contribution in [0.25, 0.3) is 21.8 Å². The number of nitrogens with zero attached hydrogens (tertiary/aromatic N) is 1. The van der Waals surface area contributed by atoms with E-state index in [0.717, 1.165) is 38.7 Å². The van der Waals surface area contributed by atoms with Crippen LogP contribution >= 0.6 is 0 Å². The van der Waals surface area contributed by atoms with Gasteiger partial charge in [0.05, 0.1) is 29.9 Å². The second kappa shape index (κ2) is 9.02. The van der Waals surface area contributed by atoms with Gasteiger partial charge in [-0.15, -0.1) is 0 Å². The zero-order valence-electron chi connectivity index (χ0n) is 17.4. The summed E-state index contributed by atoms with van der Waals surface area (Å²) in [5.74, 6) is -0.265. The summed E-state index contributed by atoms with van der Waals surface area (Å²) in [4.78, 5) is 16.7. The predicted octanol–water partition coefficient (Wildman–Crippen LogP) is 4.70. The van der Waals surface area contributed by atoms with E-state index in [4.69, 9.17) is 15.5 Å². The Balaban J connectivity index is 1.84. The molecule has 4 N–H and O–H groups in total. The van der Waals surface area contributed by atoms with Gasteiger partial charge in [0.1, 0.15) is 0 Å². The predicted molar refractivity (Wildman–Crippen MR) is 124 cm³/mol. The Bertz CT molecular complexity index is 1200. The van der Waals surface area contributed by atoms with Crippen LogP contribution in [0.2, 0.25) is 0 Å². The zero-order valence-corrected chi connectivity index (χ0v) is 17.4. The van der Waals surface area contributed by atoms with Crippen molar-refractivity contribution in [1.29, 1.82) is 0 Å². The summed E-state index contributed by atoms with van der Waals surface area (Å²) in [5.41, 5.74) is 11.8. The molecule has 4 rings (SSSR count). The quantitative estimate of drug-likeness (QED) is 0.230.